The van der Waals surface area contributed by atoms with Gasteiger partial charge in [-0.3, -0.25) is 4.79 Å². The van der Waals surface area contributed by atoms with E-state index in [2.05, 4.69) is 19.2 Å². The van der Waals surface area contributed by atoms with Crippen LogP contribution in [0.4, 0.5) is 0 Å². The SMILES string of the molecule is CCC(C)c1ccccc1OCC(=O)NC(C)c1ccc(OCC(=O)O)cc1. The summed E-state index contributed by atoms with van der Waals surface area (Å²) in [5, 5.41) is 11.5. The highest BCUT2D eigenvalue weighted by Crippen LogP contribution is 2.28. The highest BCUT2D eigenvalue weighted by Gasteiger charge is 2.13. The van der Waals surface area contributed by atoms with Gasteiger partial charge in [-0.05, 0) is 48.6 Å². The van der Waals surface area contributed by atoms with Crippen LogP contribution in [0.2, 0.25) is 0 Å². The van der Waals surface area contributed by atoms with Crippen molar-refractivity contribution in [2.45, 2.75) is 39.2 Å². The van der Waals surface area contributed by atoms with Crippen molar-refractivity contribution in [1.29, 1.82) is 0 Å². The number of hydrogen-bond donors (Lipinski definition) is 2. The number of carbonyl (C=O) groups excluding carboxylic acids is 1. The van der Waals surface area contributed by atoms with Gasteiger partial charge >= 0.3 is 5.97 Å². The van der Waals surface area contributed by atoms with E-state index in [1.807, 2.05) is 31.2 Å². The van der Waals surface area contributed by atoms with E-state index in [0.29, 0.717) is 11.7 Å². The Balaban J connectivity index is 1.88. The molecule has 1 amide bonds. The average Bonchev–Trinajstić information content (AvgIpc) is 2.70. The van der Waals surface area contributed by atoms with Crippen molar-refractivity contribution >= 4 is 11.9 Å². The number of ether oxygens (including phenoxy) is 2. The first-order valence-electron chi connectivity index (χ1n) is 9.36. The normalized spacial score (nSPS) is 12.7. The van der Waals surface area contributed by atoms with Crippen molar-refractivity contribution in [3.63, 3.8) is 0 Å². The maximum Gasteiger partial charge on any atom is 0.341 e. The third-order valence-electron chi connectivity index (χ3n) is 4.54. The maximum atomic E-state index is 12.3. The molecule has 2 aromatic carbocycles. The predicted octanol–water partition coefficient (Wildman–Crippen LogP) is 3.92. The first-order chi connectivity index (χ1) is 13.4. The van der Waals surface area contributed by atoms with Crippen molar-refractivity contribution in [2.24, 2.45) is 0 Å². The predicted molar refractivity (Wildman–Crippen MR) is 107 cm³/mol. The number of benzene rings is 2. The van der Waals surface area contributed by atoms with Crippen molar-refractivity contribution in [2.75, 3.05) is 13.2 Å². The van der Waals surface area contributed by atoms with E-state index in [1.54, 1.807) is 24.3 Å². The van der Waals surface area contributed by atoms with Crippen LogP contribution < -0.4 is 14.8 Å². The summed E-state index contributed by atoms with van der Waals surface area (Å²) in [4.78, 5) is 22.8. The highest BCUT2D eigenvalue weighted by molar-refractivity contribution is 5.78. The fourth-order valence-corrected chi connectivity index (χ4v) is 2.75. The van der Waals surface area contributed by atoms with Crippen LogP contribution in [0, 0.1) is 0 Å². The van der Waals surface area contributed by atoms with E-state index < -0.39 is 5.97 Å². The molecule has 0 aliphatic carbocycles. The van der Waals surface area contributed by atoms with E-state index >= 15 is 0 Å². The number of nitrogens with one attached hydrogen (secondary N) is 1. The molecule has 2 unspecified atom stereocenters. The van der Waals surface area contributed by atoms with Gasteiger partial charge in [0.25, 0.3) is 5.91 Å². The zero-order valence-electron chi connectivity index (χ0n) is 16.5. The molecule has 2 aromatic rings. The van der Waals surface area contributed by atoms with Crippen molar-refractivity contribution in [1.82, 2.24) is 5.32 Å². The van der Waals surface area contributed by atoms with Crippen LogP contribution >= 0.6 is 0 Å². The number of carboxylic acid groups (broad SMARTS) is 1. The fourth-order valence-electron chi connectivity index (χ4n) is 2.75. The van der Waals surface area contributed by atoms with Gasteiger partial charge < -0.3 is 19.9 Å². The van der Waals surface area contributed by atoms with Gasteiger partial charge in [-0.25, -0.2) is 4.79 Å². The lowest BCUT2D eigenvalue weighted by molar-refractivity contribution is -0.139. The Kier molecular flexibility index (Phi) is 7.87. The van der Waals surface area contributed by atoms with Crippen molar-refractivity contribution in [3.05, 3.63) is 59.7 Å². The Hall–Kier alpha value is -3.02. The lowest BCUT2D eigenvalue weighted by atomic mass is 9.98. The molecule has 2 N–H and O–H groups in total. The van der Waals surface area contributed by atoms with E-state index in [9.17, 15) is 9.59 Å². The molecule has 0 saturated carbocycles. The van der Waals surface area contributed by atoms with Crippen LogP contribution in [0.25, 0.3) is 0 Å². The second kappa shape index (κ2) is 10.3. The van der Waals surface area contributed by atoms with Crippen LogP contribution in [-0.2, 0) is 9.59 Å². The Labute approximate surface area is 165 Å². The molecule has 0 saturated heterocycles. The van der Waals surface area contributed by atoms with Gasteiger partial charge in [-0.1, -0.05) is 44.2 Å². The number of carboxylic acids is 1. The van der Waals surface area contributed by atoms with Crippen molar-refractivity contribution < 1.29 is 24.2 Å². The standard InChI is InChI=1S/C22H27NO5/c1-4-15(2)19-7-5-6-8-20(19)28-13-21(24)23-16(3)17-9-11-18(12-10-17)27-14-22(25)26/h5-12,15-16H,4,13-14H2,1-3H3,(H,23,24)(H,25,26). The topological polar surface area (TPSA) is 84.9 Å². The molecule has 6 nitrogen and oxygen atoms in total. The molecule has 2 rings (SSSR count). The number of para-hydroxylation sites is 1. The van der Waals surface area contributed by atoms with E-state index in [0.717, 1.165) is 23.3 Å². The average molecular weight is 385 g/mol. The molecule has 0 heterocycles. The fraction of sp³-hybridized carbons (Fsp3) is 0.364. The van der Waals surface area contributed by atoms with Crippen LogP contribution in [0.5, 0.6) is 11.5 Å². The summed E-state index contributed by atoms with van der Waals surface area (Å²) in [6.45, 7) is 5.68. The van der Waals surface area contributed by atoms with Gasteiger partial charge in [-0.15, -0.1) is 0 Å². The second-order valence-electron chi connectivity index (χ2n) is 6.68. The van der Waals surface area contributed by atoms with Crippen LogP contribution in [0.15, 0.2) is 48.5 Å². The lowest BCUT2D eigenvalue weighted by Gasteiger charge is -2.17. The first kappa shape index (κ1) is 21.3. The molecule has 150 valence electrons. The molecule has 6 heteroatoms. The molecule has 0 radical (unpaired) electrons. The number of carbonyl (C=O) groups is 2. The minimum absolute atomic E-state index is 0.0579. The monoisotopic (exact) mass is 385 g/mol. The van der Waals surface area contributed by atoms with Gasteiger partial charge in [0.1, 0.15) is 11.5 Å². The largest absolute Gasteiger partial charge is 0.483 e. The summed E-state index contributed by atoms with van der Waals surface area (Å²) in [5.74, 6) is 0.326. The number of hydrogen-bond acceptors (Lipinski definition) is 4. The smallest absolute Gasteiger partial charge is 0.341 e. The molecule has 0 bridgehead atoms. The van der Waals surface area contributed by atoms with Crippen LogP contribution in [-0.4, -0.2) is 30.2 Å². The third-order valence-corrected chi connectivity index (χ3v) is 4.54. The zero-order chi connectivity index (χ0) is 20.5. The molecule has 2 atom stereocenters. The quantitative estimate of drug-likeness (QED) is 0.647. The summed E-state index contributed by atoms with van der Waals surface area (Å²) < 4.78 is 10.8. The molecule has 0 aliphatic rings. The summed E-state index contributed by atoms with van der Waals surface area (Å²) in [6.07, 6.45) is 0.996. The summed E-state index contributed by atoms with van der Waals surface area (Å²) in [7, 11) is 0. The van der Waals surface area contributed by atoms with Gasteiger partial charge in [-0.2, -0.15) is 0 Å². The number of rotatable bonds is 10. The summed E-state index contributed by atoms with van der Waals surface area (Å²) >= 11 is 0. The molecule has 0 fully saturated rings. The van der Waals surface area contributed by atoms with Gasteiger partial charge in [0.05, 0.1) is 6.04 Å². The van der Waals surface area contributed by atoms with Crippen LogP contribution in [0.1, 0.15) is 50.3 Å². The minimum atomic E-state index is -1.03. The second-order valence-corrected chi connectivity index (χ2v) is 6.68. The Morgan fingerprint density at radius 1 is 1.00 bits per heavy atom. The molecular weight excluding hydrogens is 358 g/mol. The van der Waals surface area contributed by atoms with Gasteiger partial charge in [0.2, 0.25) is 0 Å². The Bertz CT molecular complexity index is 788. The highest BCUT2D eigenvalue weighted by atomic mass is 16.5. The van der Waals surface area contributed by atoms with E-state index in [1.165, 1.54) is 0 Å². The Morgan fingerprint density at radius 2 is 1.68 bits per heavy atom. The lowest BCUT2D eigenvalue weighted by Crippen LogP contribution is -2.31. The number of aliphatic carboxylic acids is 1. The zero-order valence-corrected chi connectivity index (χ0v) is 16.5. The van der Waals surface area contributed by atoms with E-state index in [-0.39, 0.29) is 25.2 Å². The summed E-state index contributed by atoms with van der Waals surface area (Å²) in [5.41, 5.74) is 1.99. The van der Waals surface area contributed by atoms with Crippen LogP contribution in [0.3, 0.4) is 0 Å². The van der Waals surface area contributed by atoms with Crippen molar-refractivity contribution in [3.8, 4) is 11.5 Å². The van der Waals surface area contributed by atoms with E-state index in [4.69, 9.17) is 14.6 Å². The number of amides is 1. The van der Waals surface area contributed by atoms with Gasteiger partial charge in [0.15, 0.2) is 13.2 Å². The third kappa shape index (κ3) is 6.30. The first-order valence-corrected chi connectivity index (χ1v) is 9.36. The summed E-state index contributed by atoms with van der Waals surface area (Å²) in [6, 6.07) is 14.5. The maximum absolute atomic E-state index is 12.3. The molecule has 0 aromatic heterocycles. The Morgan fingerprint density at radius 3 is 2.32 bits per heavy atom. The molecule has 28 heavy (non-hydrogen) atoms. The van der Waals surface area contributed by atoms with Gasteiger partial charge in [0, 0.05) is 0 Å². The molecule has 0 aliphatic heterocycles. The molecular formula is C22H27NO5. The molecule has 0 spiro atoms. The minimum Gasteiger partial charge on any atom is -0.483 e.